The molecule has 0 fully saturated rings. The van der Waals surface area contributed by atoms with Gasteiger partial charge in [0.15, 0.2) is 5.82 Å². The van der Waals surface area contributed by atoms with Gasteiger partial charge in [-0.1, -0.05) is 24.3 Å². The monoisotopic (exact) mass is 385 g/mol. The van der Waals surface area contributed by atoms with Gasteiger partial charge in [-0.2, -0.15) is 0 Å². The molecule has 0 bridgehead atoms. The molecule has 0 radical (unpaired) electrons. The van der Waals surface area contributed by atoms with Crippen molar-refractivity contribution in [3.8, 4) is 0 Å². The van der Waals surface area contributed by atoms with Gasteiger partial charge in [-0.05, 0) is 36.4 Å². The third kappa shape index (κ3) is 4.81. The van der Waals surface area contributed by atoms with Gasteiger partial charge in [-0.15, -0.1) is 10.2 Å². The van der Waals surface area contributed by atoms with Gasteiger partial charge >= 0.3 is 0 Å². The summed E-state index contributed by atoms with van der Waals surface area (Å²) in [5.41, 5.74) is 2.09. The molecule has 144 valence electrons. The molecule has 1 amide bonds. The van der Waals surface area contributed by atoms with Gasteiger partial charge in [0.05, 0.1) is 5.52 Å². The number of para-hydroxylation sites is 1. The topological polar surface area (TPSA) is 105 Å². The number of hydrogen-bond acceptors (Lipinski definition) is 7. The summed E-state index contributed by atoms with van der Waals surface area (Å²) in [4.78, 5) is 20.6. The van der Waals surface area contributed by atoms with E-state index in [1.165, 1.54) is 0 Å². The summed E-state index contributed by atoms with van der Waals surface area (Å²) in [6.45, 7) is 0.956. The summed E-state index contributed by atoms with van der Waals surface area (Å²) in [7, 11) is 0. The van der Waals surface area contributed by atoms with Crippen molar-refractivity contribution >= 4 is 34.1 Å². The Hall–Kier alpha value is -4.07. The van der Waals surface area contributed by atoms with E-state index in [-0.39, 0.29) is 5.91 Å². The first-order chi connectivity index (χ1) is 14.3. The number of aromatic nitrogens is 4. The molecule has 29 heavy (non-hydrogen) atoms. The average Bonchev–Trinajstić information content (AvgIpc) is 2.78. The number of hydrogen-bond donors (Lipinski definition) is 3. The molecule has 0 saturated heterocycles. The summed E-state index contributed by atoms with van der Waals surface area (Å²) in [6.07, 6.45) is 3.40. The predicted octanol–water partition coefficient (Wildman–Crippen LogP) is 3.01. The summed E-state index contributed by atoms with van der Waals surface area (Å²) in [5.74, 6) is 1.06. The second kappa shape index (κ2) is 8.75. The van der Waals surface area contributed by atoms with Crippen LogP contribution in [0.15, 0.2) is 73.1 Å². The minimum Gasteiger partial charge on any atom is -0.367 e. The molecule has 0 aliphatic heterocycles. The molecule has 0 aliphatic carbocycles. The summed E-state index contributed by atoms with van der Waals surface area (Å²) < 4.78 is 0. The minimum absolute atomic E-state index is 0.208. The predicted molar refractivity (Wildman–Crippen MR) is 112 cm³/mol. The number of pyridine rings is 2. The SMILES string of the molecule is O=C(NCCNc1ccc(Nc2ccncc2)nn1)c1ccc2ccccc2n1. The van der Waals surface area contributed by atoms with Crippen LogP contribution in [0.4, 0.5) is 17.3 Å². The largest absolute Gasteiger partial charge is 0.367 e. The van der Waals surface area contributed by atoms with Gasteiger partial charge < -0.3 is 16.0 Å². The average molecular weight is 385 g/mol. The summed E-state index contributed by atoms with van der Waals surface area (Å²) in [6, 6.07) is 18.7. The number of nitrogens with one attached hydrogen (secondary N) is 3. The highest BCUT2D eigenvalue weighted by atomic mass is 16.1. The standard InChI is InChI=1S/C21H19N7O/c29-21(18-6-5-15-3-1-2-4-17(15)26-18)24-14-13-23-19-7-8-20(28-27-19)25-16-9-11-22-12-10-16/h1-12H,13-14H2,(H,23,27)(H,24,29)(H,22,25,28). The fourth-order valence-corrected chi connectivity index (χ4v) is 2.73. The lowest BCUT2D eigenvalue weighted by Crippen LogP contribution is -2.29. The second-order valence-corrected chi connectivity index (χ2v) is 6.24. The van der Waals surface area contributed by atoms with Crippen LogP contribution in [0.2, 0.25) is 0 Å². The van der Waals surface area contributed by atoms with E-state index in [9.17, 15) is 4.79 Å². The third-order valence-corrected chi connectivity index (χ3v) is 4.17. The van der Waals surface area contributed by atoms with E-state index >= 15 is 0 Å². The van der Waals surface area contributed by atoms with Crippen LogP contribution in [0, 0.1) is 0 Å². The molecule has 1 aromatic carbocycles. The number of rotatable bonds is 7. The Morgan fingerprint density at radius 3 is 2.45 bits per heavy atom. The van der Waals surface area contributed by atoms with E-state index in [2.05, 4.69) is 36.1 Å². The van der Waals surface area contributed by atoms with Gasteiger partial charge in [0.2, 0.25) is 0 Å². The van der Waals surface area contributed by atoms with Gasteiger partial charge in [0.25, 0.3) is 5.91 Å². The highest BCUT2D eigenvalue weighted by Gasteiger charge is 2.07. The Bertz CT molecular complexity index is 1100. The van der Waals surface area contributed by atoms with Crippen molar-refractivity contribution in [3.63, 3.8) is 0 Å². The van der Waals surface area contributed by atoms with E-state index < -0.39 is 0 Å². The van der Waals surface area contributed by atoms with E-state index in [1.54, 1.807) is 18.5 Å². The number of carbonyl (C=O) groups excluding carboxylic acids is 1. The van der Waals surface area contributed by atoms with E-state index in [0.717, 1.165) is 16.6 Å². The number of amides is 1. The Balaban J connectivity index is 1.25. The van der Waals surface area contributed by atoms with Crippen molar-refractivity contribution < 1.29 is 4.79 Å². The molecule has 0 aliphatic rings. The zero-order valence-corrected chi connectivity index (χ0v) is 15.5. The lowest BCUT2D eigenvalue weighted by Gasteiger charge is -2.08. The van der Waals surface area contributed by atoms with Gasteiger partial charge in [0.1, 0.15) is 11.5 Å². The number of anilines is 3. The minimum atomic E-state index is -0.208. The van der Waals surface area contributed by atoms with Crippen LogP contribution in [0.25, 0.3) is 10.9 Å². The van der Waals surface area contributed by atoms with Crippen LogP contribution < -0.4 is 16.0 Å². The molecule has 8 nitrogen and oxygen atoms in total. The molecule has 4 aromatic rings. The van der Waals surface area contributed by atoms with Crippen molar-refractivity contribution in [2.45, 2.75) is 0 Å². The van der Waals surface area contributed by atoms with Crippen molar-refractivity contribution in [1.29, 1.82) is 0 Å². The fourth-order valence-electron chi connectivity index (χ4n) is 2.73. The zero-order valence-electron chi connectivity index (χ0n) is 15.5. The van der Waals surface area contributed by atoms with E-state index in [0.29, 0.717) is 30.4 Å². The highest BCUT2D eigenvalue weighted by molar-refractivity contribution is 5.94. The Morgan fingerprint density at radius 1 is 0.828 bits per heavy atom. The van der Waals surface area contributed by atoms with E-state index in [1.807, 2.05) is 54.6 Å². The van der Waals surface area contributed by atoms with Crippen molar-refractivity contribution in [1.82, 2.24) is 25.5 Å². The lowest BCUT2D eigenvalue weighted by atomic mass is 10.2. The molecular formula is C21H19N7O. The van der Waals surface area contributed by atoms with Crippen LogP contribution in [-0.2, 0) is 0 Å². The lowest BCUT2D eigenvalue weighted by molar-refractivity contribution is 0.0950. The zero-order chi connectivity index (χ0) is 19.9. The van der Waals surface area contributed by atoms with Crippen molar-refractivity contribution in [3.05, 3.63) is 78.8 Å². The Kier molecular flexibility index (Phi) is 5.52. The Labute approximate surface area is 167 Å². The summed E-state index contributed by atoms with van der Waals surface area (Å²) in [5, 5.41) is 18.4. The van der Waals surface area contributed by atoms with E-state index in [4.69, 9.17) is 0 Å². The van der Waals surface area contributed by atoms with Crippen molar-refractivity contribution in [2.75, 3.05) is 23.7 Å². The van der Waals surface area contributed by atoms with Crippen LogP contribution in [0.1, 0.15) is 10.5 Å². The third-order valence-electron chi connectivity index (χ3n) is 4.17. The molecule has 3 aromatic heterocycles. The molecule has 0 spiro atoms. The summed E-state index contributed by atoms with van der Waals surface area (Å²) >= 11 is 0. The number of fused-ring (bicyclic) bond motifs is 1. The molecule has 3 N–H and O–H groups in total. The van der Waals surface area contributed by atoms with Gasteiger partial charge in [-0.25, -0.2) is 4.98 Å². The first-order valence-corrected chi connectivity index (χ1v) is 9.16. The highest BCUT2D eigenvalue weighted by Crippen LogP contribution is 2.13. The molecule has 3 heterocycles. The second-order valence-electron chi connectivity index (χ2n) is 6.24. The van der Waals surface area contributed by atoms with Gasteiger partial charge in [0, 0.05) is 36.6 Å². The maximum atomic E-state index is 12.3. The maximum absolute atomic E-state index is 12.3. The Morgan fingerprint density at radius 2 is 1.62 bits per heavy atom. The fraction of sp³-hybridized carbons (Fsp3) is 0.0952. The smallest absolute Gasteiger partial charge is 0.269 e. The number of nitrogens with zero attached hydrogens (tertiary/aromatic N) is 4. The molecule has 8 heteroatoms. The first kappa shape index (κ1) is 18.3. The van der Waals surface area contributed by atoms with Crippen LogP contribution in [0.5, 0.6) is 0 Å². The molecule has 0 unspecified atom stereocenters. The first-order valence-electron chi connectivity index (χ1n) is 9.16. The quantitative estimate of drug-likeness (QED) is 0.420. The maximum Gasteiger partial charge on any atom is 0.269 e. The van der Waals surface area contributed by atoms with Crippen LogP contribution >= 0.6 is 0 Å². The number of benzene rings is 1. The normalized spacial score (nSPS) is 10.5. The number of carbonyl (C=O) groups is 1. The van der Waals surface area contributed by atoms with Crippen LogP contribution in [0.3, 0.4) is 0 Å². The van der Waals surface area contributed by atoms with Crippen LogP contribution in [-0.4, -0.2) is 39.2 Å². The molecule has 0 atom stereocenters. The molecule has 4 rings (SSSR count). The van der Waals surface area contributed by atoms with Crippen molar-refractivity contribution in [2.24, 2.45) is 0 Å². The molecular weight excluding hydrogens is 366 g/mol. The van der Waals surface area contributed by atoms with Gasteiger partial charge in [-0.3, -0.25) is 9.78 Å². The molecule has 0 saturated carbocycles.